The van der Waals surface area contributed by atoms with Crippen LogP contribution in [0.3, 0.4) is 0 Å². The molecule has 8 nitrogen and oxygen atoms in total. The Balaban J connectivity index is 1.82. The van der Waals surface area contributed by atoms with Gasteiger partial charge in [0, 0.05) is 36.1 Å². The lowest BCUT2D eigenvalue weighted by molar-refractivity contribution is -0.139. The Bertz CT molecular complexity index is 1940. The maximum Gasteiger partial charge on any atom is 0.416 e. The third kappa shape index (κ3) is 6.75. The molecule has 1 aromatic heterocycles. The van der Waals surface area contributed by atoms with Crippen molar-refractivity contribution >= 4 is 11.9 Å². The van der Waals surface area contributed by atoms with Crippen LogP contribution in [0.1, 0.15) is 51.9 Å². The lowest BCUT2D eigenvalue weighted by Crippen LogP contribution is -2.41. The number of methoxy groups -OCH3 is 1. The molecule has 2 atom stereocenters. The minimum Gasteiger partial charge on any atom is -0.481 e. The van der Waals surface area contributed by atoms with E-state index in [9.17, 15) is 32.7 Å². The molecule has 1 aliphatic heterocycles. The predicted molar refractivity (Wildman–Crippen MR) is 160 cm³/mol. The molecule has 5 rings (SSSR count). The first-order valence-electron chi connectivity index (χ1n) is 14.4. The van der Waals surface area contributed by atoms with E-state index in [1.165, 1.54) is 32.2 Å². The number of pyridine rings is 1. The van der Waals surface area contributed by atoms with E-state index in [0.29, 0.717) is 27.3 Å². The van der Waals surface area contributed by atoms with Gasteiger partial charge in [-0.05, 0) is 78.9 Å². The van der Waals surface area contributed by atoms with Gasteiger partial charge in [-0.2, -0.15) is 13.2 Å². The minimum atomic E-state index is -4.94. The molecule has 0 spiro atoms. The van der Waals surface area contributed by atoms with Gasteiger partial charge in [0.15, 0.2) is 0 Å². The van der Waals surface area contributed by atoms with Crippen molar-refractivity contribution < 1.29 is 46.1 Å². The second kappa shape index (κ2) is 13.0. The van der Waals surface area contributed by atoms with E-state index in [0.717, 1.165) is 18.3 Å². The van der Waals surface area contributed by atoms with Crippen molar-refractivity contribution in [3.8, 4) is 22.6 Å². The Morgan fingerprint density at radius 3 is 2.45 bits per heavy atom. The van der Waals surface area contributed by atoms with Gasteiger partial charge in [0.05, 0.1) is 24.6 Å². The van der Waals surface area contributed by atoms with Crippen molar-refractivity contribution in [3.05, 3.63) is 116 Å². The van der Waals surface area contributed by atoms with Crippen LogP contribution in [0.5, 0.6) is 11.5 Å². The summed E-state index contributed by atoms with van der Waals surface area (Å²) in [6.45, 7) is 3.06. The molecular weight excluding hydrogens is 627 g/mol. The van der Waals surface area contributed by atoms with Gasteiger partial charge >= 0.3 is 12.1 Å². The van der Waals surface area contributed by atoms with Crippen molar-refractivity contribution in [2.24, 2.45) is 0 Å². The predicted octanol–water partition coefficient (Wildman–Crippen LogP) is 6.65. The molecule has 0 saturated heterocycles. The number of benzene rings is 3. The van der Waals surface area contributed by atoms with Crippen LogP contribution >= 0.6 is 0 Å². The topological polar surface area (TPSA) is 107 Å². The highest BCUT2D eigenvalue weighted by Gasteiger charge is 2.37. The number of carbonyl (C=O) groups is 2. The van der Waals surface area contributed by atoms with Crippen LogP contribution in [-0.4, -0.2) is 35.3 Å². The Morgan fingerprint density at radius 2 is 1.77 bits per heavy atom. The lowest BCUT2D eigenvalue weighted by Gasteiger charge is -2.26. The van der Waals surface area contributed by atoms with E-state index >= 15 is 8.78 Å². The monoisotopic (exact) mass is 656 g/mol. The number of carbonyl (C=O) groups excluding carboxylic acids is 1. The van der Waals surface area contributed by atoms with E-state index in [2.05, 4.69) is 5.32 Å². The number of nitrogens with zero attached hydrogens (tertiary/aromatic N) is 1. The van der Waals surface area contributed by atoms with Gasteiger partial charge < -0.3 is 19.9 Å². The number of halogens is 5. The van der Waals surface area contributed by atoms with E-state index in [1.54, 1.807) is 25.1 Å². The van der Waals surface area contributed by atoms with Crippen LogP contribution in [0.25, 0.3) is 11.1 Å². The summed E-state index contributed by atoms with van der Waals surface area (Å²) in [7, 11) is 1.27. The fourth-order valence-corrected chi connectivity index (χ4v) is 5.76. The molecule has 0 unspecified atom stereocenters. The van der Waals surface area contributed by atoms with Crippen LogP contribution in [0.15, 0.2) is 65.6 Å². The van der Waals surface area contributed by atoms with Crippen molar-refractivity contribution in [2.45, 2.75) is 44.9 Å². The fourth-order valence-electron chi connectivity index (χ4n) is 5.76. The third-order valence-electron chi connectivity index (χ3n) is 7.94. The Labute approximate surface area is 265 Å². The van der Waals surface area contributed by atoms with E-state index in [1.807, 2.05) is 0 Å². The van der Waals surface area contributed by atoms with Gasteiger partial charge in [-0.3, -0.25) is 19.0 Å². The Morgan fingerprint density at radius 1 is 1.02 bits per heavy atom. The fraction of sp³-hybridized carbons (Fsp3) is 0.265. The largest absolute Gasteiger partial charge is 0.481 e. The maximum absolute atomic E-state index is 15.8. The number of aromatic nitrogens is 1. The number of fused-ring (bicyclic) bond motifs is 6. The van der Waals surface area contributed by atoms with Crippen molar-refractivity contribution in [2.75, 3.05) is 13.7 Å². The summed E-state index contributed by atoms with van der Waals surface area (Å²) in [5.41, 5.74) is -1.87. The number of rotatable bonds is 6. The van der Waals surface area contributed by atoms with E-state index in [4.69, 9.17) is 9.47 Å². The molecular formula is C34H29F5N2O6. The normalized spacial score (nSPS) is 16.2. The molecule has 0 saturated carbocycles. The minimum absolute atomic E-state index is 0.0195. The number of aryl methyl sites for hydroxylation is 2. The van der Waals surface area contributed by atoms with E-state index < -0.39 is 70.4 Å². The average Bonchev–Trinajstić information content (AvgIpc) is 2.99. The zero-order valence-electron chi connectivity index (χ0n) is 25.4. The number of carboxylic acid groups (broad SMARTS) is 1. The molecule has 246 valence electrons. The highest BCUT2D eigenvalue weighted by Crippen LogP contribution is 2.40. The van der Waals surface area contributed by atoms with Gasteiger partial charge in [0.2, 0.25) is 5.91 Å². The van der Waals surface area contributed by atoms with Gasteiger partial charge in [0.25, 0.3) is 5.56 Å². The summed E-state index contributed by atoms with van der Waals surface area (Å²) in [6, 6.07) is 8.16. The molecule has 0 fully saturated rings. The van der Waals surface area contributed by atoms with E-state index in [-0.39, 0.29) is 35.7 Å². The highest BCUT2D eigenvalue weighted by molar-refractivity contribution is 5.85. The van der Waals surface area contributed by atoms with Crippen LogP contribution in [0.4, 0.5) is 22.0 Å². The molecule has 1 amide bonds. The maximum atomic E-state index is 15.8. The van der Waals surface area contributed by atoms with Crippen LogP contribution in [0, 0.1) is 25.5 Å². The second-order valence-corrected chi connectivity index (χ2v) is 11.2. The lowest BCUT2D eigenvalue weighted by atomic mass is 9.92. The van der Waals surface area contributed by atoms with Crippen LogP contribution < -0.4 is 15.6 Å². The molecule has 1 aliphatic rings. The number of aliphatic carboxylic acids is 1. The number of ether oxygens (including phenoxy) is 2. The number of nitrogens with one attached hydrogen (secondary N) is 1. The number of amides is 1. The molecule has 4 aromatic rings. The standard InChI is InChI=1S/C34H29F5N2O6/c1-17-5-4-6-27-30(17)20-11-18(2)31(36)23(12-20)26(15-29(43)44)40-33(45)32(22-13-21(47-27)7-8-25(22)35)41-16-19(9-10-46-3)24(14-28(41)42)34(37,38)39/h4-8,11-14,16,26,32H,9-10,15H2,1-3H3,(H,40,45)(H,43,44)/t26-,32-/m1/s1. The van der Waals surface area contributed by atoms with Gasteiger partial charge in [-0.25, -0.2) is 8.78 Å². The summed E-state index contributed by atoms with van der Waals surface area (Å²) >= 11 is 0. The third-order valence-corrected chi connectivity index (χ3v) is 7.94. The molecule has 0 aliphatic carbocycles. The van der Waals surface area contributed by atoms with Crippen molar-refractivity contribution in [1.29, 1.82) is 0 Å². The average molecular weight is 657 g/mol. The first-order valence-corrected chi connectivity index (χ1v) is 14.4. The number of alkyl halides is 3. The SMILES string of the molecule is COCCc1cn([C@H]2C(=O)N[C@H](CC(=O)O)c3cc(cc(C)c3F)-c3c(C)cccc3Oc3ccc(F)c2c3)c(=O)cc1C(F)(F)F. The first kappa shape index (κ1) is 33.3. The van der Waals surface area contributed by atoms with Gasteiger partial charge in [-0.15, -0.1) is 0 Å². The summed E-state index contributed by atoms with van der Waals surface area (Å²) < 4.78 is 85.0. The number of hydrogen-bond donors (Lipinski definition) is 2. The number of hydrogen-bond acceptors (Lipinski definition) is 5. The zero-order valence-corrected chi connectivity index (χ0v) is 25.4. The first-order chi connectivity index (χ1) is 22.2. The number of carboxylic acids is 1. The van der Waals surface area contributed by atoms with Crippen LogP contribution in [-0.2, 0) is 26.9 Å². The Kier molecular flexibility index (Phi) is 9.21. The summed E-state index contributed by atoms with van der Waals surface area (Å²) in [6.07, 6.45) is -5.28. The molecule has 47 heavy (non-hydrogen) atoms. The zero-order chi connectivity index (χ0) is 34.2. The van der Waals surface area contributed by atoms with Crippen LogP contribution in [0.2, 0.25) is 0 Å². The molecule has 4 bridgehead atoms. The van der Waals surface area contributed by atoms with Gasteiger partial charge in [-0.1, -0.05) is 12.1 Å². The molecule has 3 aromatic carbocycles. The molecule has 13 heteroatoms. The van der Waals surface area contributed by atoms with Crippen molar-refractivity contribution in [3.63, 3.8) is 0 Å². The second-order valence-electron chi connectivity index (χ2n) is 11.2. The summed E-state index contributed by atoms with van der Waals surface area (Å²) in [5.74, 6) is -4.14. The molecule has 2 heterocycles. The summed E-state index contributed by atoms with van der Waals surface area (Å²) in [5, 5.41) is 12.2. The van der Waals surface area contributed by atoms with Crippen molar-refractivity contribution in [1.82, 2.24) is 9.88 Å². The smallest absolute Gasteiger partial charge is 0.416 e. The highest BCUT2D eigenvalue weighted by atomic mass is 19.4. The van der Waals surface area contributed by atoms with Gasteiger partial charge in [0.1, 0.15) is 29.2 Å². The quantitative estimate of drug-likeness (QED) is 0.225. The molecule has 2 N–H and O–H groups in total. The molecule has 0 radical (unpaired) electrons. The summed E-state index contributed by atoms with van der Waals surface area (Å²) in [4.78, 5) is 39.5. The Hall–Kier alpha value is -5.04.